The SMILES string of the molecule is Cc1ccc(C2CCC(c3ncc(F)c(C)n3)CCc3c2[nH]c2cc(F)c(Cl)cc32)c(F)c1F. The van der Waals surface area contributed by atoms with Crippen molar-refractivity contribution in [3.63, 3.8) is 0 Å². The molecular formula is C26H22ClF4N3. The second kappa shape index (κ2) is 8.69. The van der Waals surface area contributed by atoms with Crippen LogP contribution in [0.3, 0.4) is 0 Å². The molecule has 0 aliphatic heterocycles. The molecule has 0 spiro atoms. The van der Waals surface area contributed by atoms with Gasteiger partial charge in [-0.05, 0) is 68.4 Å². The first-order valence-electron chi connectivity index (χ1n) is 11.2. The number of aromatic amines is 1. The van der Waals surface area contributed by atoms with Crippen molar-refractivity contribution in [2.75, 3.05) is 0 Å². The molecule has 3 nitrogen and oxygen atoms in total. The lowest BCUT2D eigenvalue weighted by Crippen LogP contribution is -2.16. The number of nitrogens with one attached hydrogen (secondary N) is 1. The van der Waals surface area contributed by atoms with Gasteiger partial charge in [0.05, 0.1) is 16.9 Å². The molecule has 0 saturated heterocycles. The number of nitrogens with zero attached hydrogens (tertiary/aromatic N) is 2. The van der Waals surface area contributed by atoms with Crippen molar-refractivity contribution in [3.05, 3.63) is 92.7 Å². The number of rotatable bonds is 2. The summed E-state index contributed by atoms with van der Waals surface area (Å²) in [5.41, 5.74) is 2.90. The highest BCUT2D eigenvalue weighted by atomic mass is 35.5. The van der Waals surface area contributed by atoms with E-state index in [1.807, 2.05) is 0 Å². The minimum Gasteiger partial charge on any atom is -0.358 e. The molecule has 0 radical (unpaired) electrons. The van der Waals surface area contributed by atoms with E-state index in [2.05, 4.69) is 15.0 Å². The van der Waals surface area contributed by atoms with Gasteiger partial charge in [-0.15, -0.1) is 0 Å². The summed E-state index contributed by atoms with van der Waals surface area (Å²) >= 11 is 6.08. The van der Waals surface area contributed by atoms with Crippen molar-refractivity contribution in [1.82, 2.24) is 15.0 Å². The van der Waals surface area contributed by atoms with Crippen LogP contribution in [-0.4, -0.2) is 15.0 Å². The molecule has 0 saturated carbocycles. The van der Waals surface area contributed by atoms with Crippen LogP contribution in [0.2, 0.25) is 5.02 Å². The zero-order chi connectivity index (χ0) is 24.1. The van der Waals surface area contributed by atoms with Gasteiger partial charge in [0.1, 0.15) is 11.6 Å². The Morgan fingerprint density at radius 3 is 2.53 bits per heavy atom. The average Bonchev–Trinajstić information content (AvgIpc) is 3.12. The first-order valence-corrected chi connectivity index (χ1v) is 11.6. The van der Waals surface area contributed by atoms with E-state index in [1.165, 1.54) is 19.2 Å². The second-order valence-corrected chi connectivity index (χ2v) is 9.36. The number of fused-ring (bicyclic) bond motifs is 3. The summed E-state index contributed by atoms with van der Waals surface area (Å²) in [5, 5.41) is 0.741. The van der Waals surface area contributed by atoms with Crippen LogP contribution in [0, 0.1) is 37.1 Å². The second-order valence-electron chi connectivity index (χ2n) is 8.96. The number of hydrogen-bond acceptors (Lipinski definition) is 2. The van der Waals surface area contributed by atoms with Crippen LogP contribution in [-0.2, 0) is 6.42 Å². The molecule has 2 aromatic heterocycles. The van der Waals surface area contributed by atoms with Crippen LogP contribution in [0.5, 0.6) is 0 Å². The molecule has 4 aromatic rings. The topological polar surface area (TPSA) is 41.6 Å². The van der Waals surface area contributed by atoms with Crippen LogP contribution in [0.15, 0.2) is 30.5 Å². The zero-order valence-electron chi connectivity index (χ0n) is 18.7. The molecular weight excluding hydrogens is 466 g/mol. The van der Waals surface area contributed by atoms with Crippen molar-refractivity contribution >= 4 is 22.5 Å². The summed E-state index contributed by atoms with van der Waals surface area (Å²) in [5.74, 6) is -2.86. The predicted octanol–water partition coefficient (Wildman–Crippen LogP) is 7.43. The summed E-state index contributed by atoms with van der Waals surface area (Å²) in [6, 6.07) is 6.07. The largest absolute Gasteiger partial charge is 0.358 e. The Morgan fingerprint density at radius 1 is 0.971 bits per heavy atom. The maximum Gasteiger partial charge on any atom is 0.162 e. The fourth-order valence-corrected chi connectivity index (χ4v) is 5.14. The Kier molecular flexibility index (Phi) is 5.84. The van der Waals surface area contributed by atoms with E-state index in [0.717, 1.165) is 16.6 Å². The van der Waals surface area contributed by atoms with Gasteiger partial charge in [0.25, 0.3) is 0 Å². The van der Waals surface area contributed by atoms with Gasteiger partial charge in [0.2, 0.25) is 0 Å². The molecule has 2 heterocycles. The molecule has 1 aliphatic carbocycles. The van der Waals surface area contributed by atoms with Gasteiger partial charge < -0.3 is 4.98 Å². The van der Waals surface area contributed by atoms with Crippen molar-refractivity contribution in [3.8, 4) is 0 Å². The van der Waals surface area contributed by atoms with Crippen molar-refractivity contribution < 1.29 is 17.6 Å². The fraction of sp³-hybridized carbons (Fsp3) is 0.308. The van der Waals surface area contributed by atoms with E-state index in [0.29, 0.717) is 37.0 Å². The number of aryl methyl sites for hydroxylation is 3. The van der Waals surface area contributed by atoms with Gasteiger partial charge in [0.15, 0.2) is 17.5 Å². The average molecular weight is 488 g/mol. The van der Waals surface area contributed by atoms with Crippen LogP contribution in [0.25, 0.3) is 10.9 Å². The highest BCUT2D eigenvalue weighted by Crippen LogP contribution is 2.43. The van der Waals surface area contributed by atoms with E-state index in [9.17, 15) is 13.2 Å². The molecule has 0 bridgehead atoms. The summed E-state index contributed by atoms with van der Waals surface area (Å²) in [4.78, 5) is 11.8. The van der Waals surface area contributed by atoms with Gasteiger partial charge in [-0.2, -0.15) is 0 Å². The third-order valence-corrected chi connectivity index (χ3v) is 7.15. The lowest BCUT2D eigenvalue weighted by molar-refractivity contribution is 0.457. The third kappa shape index (κ3) is 3.86. The number of benzene rings is 2. The smallest absolute Gasteiger partial charge is 0.162 e. The third-order valence-electron chi connectivity index (χ3n) is 6.86. The summed E-state index contributed by atoms with van der Waals surface area (Å²) in [6.07, 6.45) is 3.46. The normalized spacial score (nSPS) is 18.6. The lowest BCUT2D eigenvalue weighted by atomic mass is 9.80. The van der Waals surface area contributed by atoms with Crippen molar-refractivity contribution in [2.24, 2.45) is 0 Å². The van der Waals surface area contributed by atoms with Crippen LogP contribution >= 0.6 is 11.6 Å². The fourth-order valence-electron chi connectivity index (χ4n) is 4.97. The molecule has 1 N–H and O–H groups in total. The van der Waals surface area contributed by atoms with Crippen LogP contribution in [0.4, 0.5) is 17.6 Å². The van der Waals surface area contributed by atoms with Gasteiger partial charge in [-0.3, -0.25) is 0 Å². The number of H-pyrrole nitrogens is 1. The first-order chi connectivity index (χ1) is 16.2. The maximum absolute atomic E-state index is 15.1. The number of aromatic nitrogens is 3. The Labute approximate surface area is 199 Å². The van der Waals surface area contributed by atoms with Crippen molar-refractivity contribution in [1.29, 1.82) is 0 Å². The maximum atomic E-state index is 15.1. The minimum atomic E-state index is -0.884. The molecule has 2 atom stereocenters. The Hall–Kier alpha value is -2.93. The molecule has 176 valence electrons. The Bertz CT molecular complexity index is 1420. The van der Waals surface area contributed by atoms with Crippen LogP contribution < -0.4 is 0 Å². The molecule has 0 amide bonds. The van der Waals surface area contributed by atoms with Gasteiger partial charge in [-0.25, -0.2) is 27.5 Å². The molecule has 8 heteroatoms. The summed E-state index contributed by atoms with van der Waals surface area (Å²) in [6.45, 7) is 3.11. The summed E-state index contributed by atoms with van der Waals surface area (Å²) < 4.78 is 57.6. The Morgan fingerprint density at radius 2 is 1.76 bits per heavy atom. The zero-order valence-corrected chi connectivity index (χ0v) is 19.4. The molecule has 5 rings (SSSR count). The number of hydrogen-bond donors (Lipinski definition) is 1. The highest BCUT2D eigenvalue weighted by Gasteiger charge is 2.31. The van der Waals surface area contributed by atoms with Gasteiger partial charge in [0, 0.05) is 28.4 Å². The Balaban J connectivity index is 1.67. The minimum absolute atomic E-state index is 0.00508. The molecule has 0 fully saturated rings. The molecule has 2 unspecified atom stereocenters. The number of halogens is 5. The molecule has 2 aromatic carbocycles. The predicted molar refractivity (Wildman–Crippen MR) is 123 cm³/mol. The lowest BCUT2D eigenvalue weighted by Gasteiger charge is -2.26. The van der Waals surface area contributed by atoms with E-state index in [1.54, 1.807) is 25.1 Å². The van der Waals surface area contributed by atoms with Gasteiger partial charge in [-0.1, -0.05) is 23.7 Å². The molecule has 34 heavy (non-hydrogen) atoms. The van der Waals surface area contributed by atoms with Crippen molar-refractivity contribution in [2.45, 2.75) is 51.4 Å². The van der Waals surface area contributed by atoms with E-state index < -0.39 is 29.2 Å². The van der Waals surface area contributed by atoms with E-state index >= 15 is 4.39 Å². The highest BCUT2D eigenvalue weighted by molar-refractivity contribution is 6.31. The summed E-state index contributed by atoms with van der Waals surface area (Å²) in [7, 11) is 0. The standard InChI is InChI=1S/C26H22ClF4N3/c1-12-3-6-15(24(31)23(12)30)16-7-4-14(26-32-11-21(29)13(2)33-26)5-8-17-18-9-19(27)20(28)10-22(18)34-25(16)17/h3,6,9-11,14,16,34H,4-5,7-8H2,1-2H3. The molecule has 1 aliphatic rings. The van der Waals surface area contributed by atoms with Gasteiger partial charge >= 0.3 is 0 Å². The van der Waals surface area contributed by atoms with E-state index in [-0.39, 0.29) is 27.8 Å². The van der Waals surface area contributed by atoms with E-state index in [4.69, 9.17) is 11.6 Å². The first kappa shape index (κ1) is 22.8. The van der Waals surface area contributed by atoms with Crippen LogP contribution in [0.1, 0.15) is 65.0 Å². The monoisotopic (exact) mass is 487 g/mol. The quantitative estimate of drug-likeness (QED) is 0.299.